The first-order valence-electron chi connectivity index (χ1n) is 3.82. The number of carbonyl (C=O) groups excluding carboxylic acids is 1. The number of rotatable bonds is 3. The molecule has 0 radical (unpaired) electrons. The minimum atomic E-state index is -0.238. The number of nitrogens with zero attached hydrogens (tertiary/aromatic N) is 2. The van der Waals surface area contributed by atoms with Gasteiger partial charge in [-0.2, -0.15) is 0 Å². The number of nitrogens with two attached hydrogens (primary N) is 1. The van der Waals surface area contributed by atoms with Crippen LogP contribution in [-0.4, -0.2) is 22.4 Å². The van der Waals surface area contributed by atoms with Crippen molar-refractivity contribution in [1.82, 2.24) is 9.97 Å². The molecule has 1 aromatic rings. The molecule has 0 spiro atoms. The molecule has 0 atom stereocenters. The van der Waals surface area contributed by atoms with Crippen molar-refractivity contribution in [1.29, 1.82) is 0 Å². The van der Waals surface area contributed by atoms with Crippen LogP contribution in [0.2, 0.25) is 10.4 Å². The van der Waals surface area contributed by atoms with Crippen LogP contribution in [0.15, 0.2) is 6.07 Å². The quantitative estimate of drug-likeness (QED) is 0.606. The van der Waals surface area contributed by atoms with Gasteiger partial charge < -0.3 is 11.1 Å². The third-order valence-corrected chi connectivity index (χ3v) is 1.67. The molecule has 1 amide bonds. The standard InChI is InChI=1S/C7H8Cl2N4O/c8-4-3-5(13-7(9)11-4)12-6(14)1-2-10/h3H,1-2,10H2,(H,11,12,13,14). The Bertz CT molecular complexity index is 324. The Morgan fingerprint density at radius 2 is 2.21 bits per heavy atom. The maximum Gasteiger partial charge on any atom is 0.226 e. The van der Waals surface area contributed by atoms with Crippen LogP contribution < -0.4 is 11.1 Å². The van der Waals surface area contributed by atoms with Crippen molar-refractivity contribution in [2.24, 2.45) is 5.73 Å². The van der Waals surface area contributed by atoms with Crippen LogP contribution in [0.25, 0.3) is 0 Å². The Kier molecular flexibility index (Phi) is 4.06. The summed E-state index contributed by atoms with van der Waals surface area (Å²) in [6, 6.07) is 1.40. The molecule has 0 aliphatic carbocycles. The Morgan fingerprint density at radius 1 is 1.50 bits per heavy atom. The number of nitrogens with one attached hydrogen (secondary N) is 1. The Hall–Kier alpha value is -0.910. The molecule has 1 rings (SSSR count). The van der Waals surface area contributed by atoms with Crippen molar-refractivity contribution < 1.29 is 4.79 Å². The van der Waals surface area contributed by atoms with Crippen LogP contribution in [0.1, 0.15) is 6.42 Å². The molecule has 14 heavy (non-hydrogen) atoms. The zero-order chi connectivity index (χ0) is 10.6. The molecule has 5 nitrogen and oxygen atoms in total. The fourth-order valence-corrected chi connectivity index (χ4v) is 1.20. The predicted octanol–water partition coefficient (Wildman–Crippen LogP) is 1.07. The number of anilines is 1. The summed E-state index contributed by atoms with van der Waals surface area (Å²) in [5.41, 5.74) is 5.20. The smallest absolute Gasteiger partial charge is 0.226 e. The van der Waals surface area contributed by atoms with E-state index in [0.717, 1.165) is 0 Å². The summed E-state index contributed by atoms with van der Waals surface area (Å²) in [7, 11) is 0. The number of hydrogen-bond acceptors (Lipinski definition) is 4. The van der Waals surface area contributed by atoms with Gasteiger partial charge in [-0.3, -0.25) is 4.79 Å². The van der Waals surface area contributed by atoms with Crippen molar-refractivity contribution >= 4 is 34.9 Å². The molecule has 0 aliphatic heterocycles. The Labute approximate surface area is 90.6 Å². The van der Waals surface area contributed by atoms with Crippen molar-refractivity contribution in [2.45, 2.75) is 6.42 Å². The van der Waals surface area contributed by atoms with Gasteiger partial charge in [0.25, 0.3) is 0 Å². The average Bonchev–Trinajstić information content (AvgIpc) is 2.01. The lowest BCUT2D eigenvalue weighted by Crippen LogP contribution is -2.17. The van der Waals surface area contributed by atoms with Gasteiger partial charge in [0.2, 0.25) is 11.2 Å². The molecule has 7 heteroatoms. The molecule has 1 heterocycles. The molecular weight excluding hydrogens is 227 g/mol. The predicted molar refractivity (Wildman–Crippen MR) is 54.4 cm³/mol. The van der Waals surface area contributed by atoms with E-state index in [9.17, 15) is 4.79 Å². The summed E-state index contributed by atoms with van der Waals surface area (Å²) in [5, 5.41) is 2.65. The molecule has 0 aromatic carbocycles. The van der Waals surface area contributed by atoms with Gasteiger partial charge in [0.05, 0.1) is 0 Å². The molecule has 0 saturated carbocycles. The number of halogens is 2. The largest absolute Gasteiger partial charge is 0.330 e. The molecule has 0 saturated heterocycles. The van der Waals surface area contributed by atoms with Gasteiger partial charge in [-0.15, -0.1) is 0 Å². The highest BCUT2D eigenvalue weighted by molar-refractivity contribution is 6.32. The minimum Gasteiger partial charge on any atom is -0.330 e. The van der Waals surface area contributed by atoms with Crippen LogP contribution in [0, 0.1) is 0 Å². The minimum absolute atomic E-state index is 0.0134. The van der Waals surface area contributed by atoms with E-state index in [1.54, 1.807) is 0 Å². The monoisotopic (exact) mass is 234 g/mol. The van der Waals surface area contributed by atoms with Gasteiger partial charge in [0.15, 0.2) is 0 Å². The maximum atomic E-state index is 11.1. The molecule has 0 fully saturated rings. The van der Waals surface area contributed by atoms with E-state index in [-0.39, 0.29) is 35.1 Å². The first-order valence-corrected chi connectivity index (χ1v) is 4.57. The summed E-state index contributed by atoms with van der Waals surface area (Å²) in [5.74, 6) is 0.0341. The molecular formula is C7H8Cl2N4O. The van der Waals surface area contributed by atoms with Gasteiger partial charge in [-0.1, -0.05) is 11.6 Å². The van der Waals surface area contributed by atoms with Gasteiger partial charge in [0, 0.05) is 19.0 Å². The van der Waals surface area contributed by atoms with E-state index in [2.05, 4.69) is 15.3 Å². The van der Waals surface area contributed by atoms with E-state index in [1.807, 2.05) is 0 Å². The zero-order valence-electron chi connectivity index (χ0n) is 7.13. The Balaban J connectivity index is 2.71. The van der Waals surface area contributed by atoms with Crippen molar-refractivity contribution in [2.75, 3.05) is 11.9 Å². The van der Waals surface area contributed by atoms with E-state index in [0.29, 0.717) is 0 Å². The lowest BCUT2D eigenvalue weighted by Gasteiger charge is -2.03. The number of aromatic nitrogens is 2. The topological polar surface area (TPSA) is 80.9 Å². The lowest BCUT2D eigenvalue weighted by molar-refractivity contribution is -0.116. The normalized spacial score (nSPS) is 9.93. The second kappa shape index (κ2) is 5.09. The van der Waals surface area contributed by atoms with Crippen LogP contribution in [0.4, 0.5) is 5.82 Å². The zero-order valence-corrected chi connectivity index (χ0v) is 8.64. The second-order valence-corrected chi connectivity index (χ2v) is 3.16. The first kappa shape index (κ1) is 11.2. The highest BCUT2D eigenvalue weighted by atomic mass is 35.5. The highest BCUT2D eigenvalue weighted by Gasteiger charge is 2.04. The molecule has 0 aliphatic rings. The highest BCUT2D eigenvalue weighted by Crippen LogP contribution is 2.14. The van der Waals surface area contributed by atoms with Gasteiger partial charge >= 0.3 is 0 Å². The SMILES string of the molecule is NCCC(=O)Nc1cc(Cl)nc(Cl)n1. The van der Waals surface area contributed by atoms with E-state index < -0.39 is 0 Å². The number of carbonyl (C=O) groups is 1. The molecule has 76 valence electrons. The van der Waals surface area contributed by atoms with E-state index >= 15 is 0 Å². The summed E-state index contributed by atoms with van der Waals surface area (Å²) in [4.78, 5) is 18.5. The van der Waals surface area contributed by atoms with Gasteiger partial charge in [0.1, 0.15) is 11.0 Å². The summed E-state index contributed by atoms with van der Waals surface area (Å²) >= 11 is 11.1. The fraction of sp³-hybridized carbons (Fsp3) is 0.286. The fourth-order valence-electron chi connectivity index (χ4n) is 0.790. The lowest BCUT2D eigenvalue weighted by atomic mass is 10.4. The Morgan fingerprint density at radius 3 is 2.79 bits per heavy atom. The van der Waals surface area contributed by atoms with E-state index in [4.69, 9.17) is 28.9 Å². The van der Waals surface area contributed by atoms with Crippen molar-refractivity contribution in [3.8, 4) is 0 Å². The van der Waals surface area contributed by atoms with Gasteiger partial charge in [-0.25, -0.2) is 9.97 Å². The third kappa shape index (κ3) is 3.45. The molecule has 0 bridgehead atoms. The summed E-state index contributed by atoms with van der Waals surface area (Å²) in [6.45, 7) is 0.276. The van der Waals surface area contributed by atoms with Crippen molar-refractivity contribution in [3.05, 3.63) is 16.5 Å². The average molecular weight is 235 g/mol. The number of hydrogen-bond donors (Lipinski definition) is 2. The summed E-state index contributed by atoms with van der Waals surface area (Å²) < 4.78 is 0. The molecule has 1 aromatic heterocycles. The van der Waals surface area contributed by atoms with Crippen molar-refractivity contribution in [3.63, 3.8) is 0 Å². The van der Waals surface area contributed by atoms with E-state index in [1.165, 1.54) is 6.07 Å². The van der Waals surface area contributed by atoms with Crippen LogP contribution in [0.5, 0.6) is 0 Å². The van der Waals surface area contributed by atoms with Crippen LogP contribution in [0.3, 0.4) is 0 Å². The first-order chi connectivity index (χ1) is 6.61. The van der Waals surface area contributed by atoms with Crippen LogP contribution in [-0.2, 0) is 4.79 Å². The molecule has 3 N–H and O–H groups in total. The second-order valence-electron chi connectivity index (χ2n) is 2.43. The van der Waals surface area contributed by atoms with Gasteiger partial charge in [-0.05, 0) is 11.6 Å². The number of amides is 1. The maximum absolute atomic E-state index is 11.1. The van der Waals surface area contributed by atoms with Crippen LogP contribution >= 0.6 is 23.2 Å². The summed E-state index contributed by atoms with van der Waals surface area (Å²) in [6.07, 6.45) is 0.221. The third-order valence-electron chi connectivity index (χ3n) is 1.31. The molecule has 0 unspecified atom stereocenters.